The highest BCUT2D eigenvalue weighted by Gasteiger charge is 2.08. The minimum absolute atomic E-state index is 0.449. The van der Waals surface area contributed by atoms with E-state index in [4.69, 9.17) is 17.3 Å². The van der Waals surface area contributed by atoms with Crippen molar-refractivity contribution in [3.8, 4) is 0 Å². The van der Waals surface area contributed by atoms with Gasteiger partial charge in [0.05, 0.1) is 0 Å². The van der Waals surface area contributed by atoms with Gasteiger partial charge in [-0.05, 0) is 6.42 Å². The topological polar surface area (TPSA) is 23.5 Å². The van der Waals surface area contributed by atoms with Gasteiger partial charge >= 0.3 is 0 Å². The maximum atomic E-state index is 9.11. The molecule has 0 fully saturated rings. The summed E-state index contributed by atoms with van der Waals surface area (Å²) in [6, 6.07) is 0. The molecule has 0 radical (unpaired) electrons. The highest BCUT2D eigenvalue weighted by molar-refractivity contribution is 7.80. The van der Waals surface area contributed by atoms with Crippen LogP contribution in [0.3, 0.4) is 0 Å². The lowest BCUT2D eigenvalue weighted by atomic mass is 10.3. The molecular formula is C6H13NOS. The molecule has 0 rings (SSSR count). The van der Waals surface area contributed by atoms with E-state index in [0.29, 0.717) is 11.4 Å². The van der Waals surface area contributed by atoms with Gasteiger partial charge < -0.3 is 10.0 Å². The summed E-state index contributed by atoms with van der Waals surface area (Å²) < 4.78 is 0. The Labute approximate surface area is 61.5 Å². The molecule has 0 aliphatic carbocycles. The molecule has 3 heteroatoms. The van der Waals surface area contributed by atoms with Crippen molar-refractivity contribution in [1.82, 2.24) is 4.90 Å². The Morgan fingerprint density at radius 2 is 2.11 bits per heavy atom. The Morgan fingerprint density at radius 3 is 2.22 bits per heavy atom. The first kappa shape index (κ1) is 8.85. The summed E-state index contributed by atoms with van der Waals surface area (Å²) in [6.45, 7) is 1.90. The van der Waals surface area contributed by atoms with Crippen LogP contribution in [0, 0.1) is 0 Å². The van der Waals surface area contributed by atoms with Gasteiger partial charge in [0, 0.05) is 14.1 Å². The van der Waals surface area contributed by atoms with Crippen LogP contribution in [0.5, 0.6) is 0 Å². The van der Waals surface area contributed by atoms with Gasteiger partial charge in [-0.15, -0.1) is 0 Å². The van der Waals surface area contributed by atoms with Crippen molar-refractivity contribution < 1.29 is 5.11 Å². The molecule has 0 amide bonds. The second-order valence-corrected chi connectivity index (χ2v) is 2.57. The number of rotatable bonds is 2. The van der Waals surface area contributed by atoms with Crippen LogP contribution in [0.4, 0.5) is 0 Å². The van der Waals surface area contributed by atoms with Crippen molar-refractivity contribution in [2.45, 2.75) is 19.4 Å². The first-order valence-corrected chi connectivity index (χ1v) is 3.39. The third-order valence-electron chi connectivity index (χ3n) is 1.11. The zero-order valence-electron chi connectivity index (χ0n) is 6.09. The van der Waals surface area contributed by atoms with Crippen LogP contribution < -0.4 is 0 Å². The summed E-state index contributed by atoms with van der Waals surface area (Å²) >= 11 is 4.88. The number of thiocarbonyl (C=S) groups is 1. The van der Waals surface area contributed by atoms with E-state index in [9.17, 15) is 0 Å². The molecule has 0 aliphatic rings. The molecule has 0 unspecified atom stereocenters. The number of aliphatic hydroxyl groups is 1. The Morgan fingerprint density at radius 1 is 1.67 bits per heavy atom. The summed E-state index contributed by atoms with van der Waals surface area (Å²) in [5.74, 6) is 0. The molecule has 0 saturated carbocycles. The lowest BCUT2D eigenvalue weighted by Gasteiger charge is -2.17. The number of hydrogen-bond donors (Lipinski definition) is 1. The standard InChI is InChI=1S/C6H13NOS/c1-4-5(8)6(9)7(2)3/h5,8H,4H2,1-3H3/t5-/m0/s1. The normalized spacial score (nSPS) is 12.9. The largest absolute Gasteiger partial charge is 0.386 e. The second kappa shape index (κ2) is 3.80. The molecule has 54 valence electrons. The SMILES string of the molecule is CC[C@H](O)C(=S)N(C)C. The van der Waals surface area contributed by atoms with Gasteiger partial charge in [0.25, 0.3) is 0 Å². The van der Waals surface area contributed by atoms with E-state index < -0.39 is 6.10 Å². The van der Waals surface area contributed by atoms with E-state index in [-0.39, 0.29) is 0 Å². The van der Waals surface area contributed by atoms with Crippen molar-refractivity contribution in [2.24, 2.45) is 0 Å². The molecule has 1 atom stereocenters. The van der Waals surface area contributed by atoms with Gasteiger partial charge in [-0.3, -0.25) is 0 Å². The van der Waals surface area contributed by atoms with Crippen molar-refractivity contribution in [3.63, 3.8) is 0 Å². The first-order valence-electron chi connectivity index (χ1n) is 2.98. The van der Waals surface area contributed by atoms with Crippen LogP contribution in [0.25, 0.3) is 0 Å². The zero-order valence-corrected chi connectivity index (χ0v) is 6.90. The summed E-state index contributed by atoms with van der Waals surface area (Å²) in [7, 11) is 3.67. The molecule has 0 aromatic carbocycles. The van der Waals surface area contributed by atoms with Gasteiger partial charge in [0.1, 0.15) is 11.1 Å². The molecule has 0 aromatic heterocycles. The average Bonchev–Trinajstić information content (AvgIpc) is 1.84. The Kier molecular flexibility index (Phi) is 3.73. The van der Waals surface area contributed by atoms with Crippen LogP contribution in [0.2, 0.25) is 0 Å². The van der Waals surface area contributed by atoms with E-state index in [1.165, 1.54) is 0 Å². The smallest absolute Gasteiger partial charge is 0.106 e. The van der Waals surface area contributed by atoms with Crippen LogP contribution in [-0.2, 0) is 0 Å². The van der Waals surface area contributed by atoms with Crippen molar-refractivity contribution >= 4 is 17.2 Å². The third kappa shape index (κ3) is 2.77. The van der Waals surface area contributed by atoms with E-state index in [2.05, 4.69) is 0 Å². The van der Waals surface area contributed by atoms with Crippen LogP contribution in [-0.4, -0.2) is 35.2 Å². The molecule has 0 heterocycles. The molecule has 0 spiro atoms. The fraction of sp³-hybridized carbons (Fsp3) is 0.833. The predicted octanol–water partition coefficient (Wildman–Crippen LogP) is 0.646. The van der Waals surface area contributed by atoms with E-state index in [1.54, 1.807) is 4.90 Å². The average molecular weight is 147 g/mol. The molecule has 0 saturated heterocycles. The highest BCUT2D eigenvalue weighted by atomic mass is 32.1. The summed E-state index contributed by atoms with van der Waals surface area (Å²) in [5.41, 5.74) is 0. The Hall–Kier alpha value is -0.150. The summed E-state index contributed by atoms with van der Waals surface area (Å²) in [5, 5.41) is 9.11. The number of nitrogens with zero attached hydrogens (tertiary/aromatic N) is 1. The number of hydrogen-bond acceptors (Lipinski definition) is 2. The molecule has 0 aliphatic heterocycles. The fourth-order valence-electron chi connectivity index (χ4n) is 0.473. The minimum atomic E-state index is -0.449. The highest BCUT2D eigenvalue weighted by Crippen LogP contribution is 1.95. The maximum Gasteiger partial charge on any atom is 0.106 e. The minimum Gasteiger partial charge on any atom is -0.386 e. The number of aliphatic hydroxyl groups excluding tert-OH is 1. The predicted molar refractivity (Wildman–Crippen MR) is 42.6 cm³/mol. The summed E-state index contributed by atoms with van der Waals surface area (Å²) in [4.78, 5) is 2.36. The van der Waals surface area contributed by atoms with E-state index in [1.807, 2.05) is 21.0 Å². The first-order chi connectivity index (χ1) is 4.09. The Balaban J connectivity index is 3.73. The quantitative estimate of drug-likeness (QED) is 0.580. The van der Waals surface area contributed by atoms with Crippen LogP contribution in [0.15, 0.2) is 0 Å². The van der Waals surface area contributed by atoms with Gasteiger partial charge in [-0.1, -0.05) is 19.1 Å². The second-order valence-electron chi connectivity index (χ2n) is 2.16. The van der Waals surface area contributed by atoms with Gasteiger partial charge in [0.2, 0.25) is 0 Å². The number of likely N-dealkylation sites (N-methyl/N-ethyl adjacent to an activating group) is 1. The monoisotopic (exact) mass is 147 g/mol. The van der Waals surface area contributed by atoms with Crippen LogP contribution >= 0.6 is 12.2 Å². The Bertz CT molecular complexity index is 103. The van der Waals surface area contributed by atoms with Gasteiger partial charge in [-0.2, -0.15) is 0 Å². The van der Waals surface area contributed by atoms with Crippen molar-refractivity contribution in [2.75, 3.05) is 14.1 Å². The lowest BCUT2D eigenvalue weighted by molar-refractivity contribution is 0.227. The van der Waals surface area contributed by atoms with E-state index >= 15 is 0 Å². The zero-order chi connectivity index (χ0) is 7.44. The van der Waals surface area contributed by atoms with Crippen LogP contribution in [0.1, 0.15) is 13.3 Å². The van der Waals surface area contributed by atoms with Crippen molar-refractivity contribution in [1.29, 1.82) is 0 Å². The molecule has 1 N–H and O–H groups in total. The van der Waals surface area contributed by atoms with Gasteiger partial charge in [-0.25, -0.2) is 0 Å². The molecule has 9 heavy (non-hydrogen) atoms. The molecule has 2 nitrogen and oxygen atoms in total. The van der Waals surface area contributed by atoms with E-state index in [0.717, 1.165) is 0 Å². The summed E-state index contributed by atoms with van der Waals surface area (Å²) in [6.07, 6.45) is 0.242. The van der Waals surface area contributed by atoms with Gasteiger partial charge in [0.15, 0.2) is 0 Å². The molecule has 0 aromatic rings. The lowest BCUT2D eigenvalue weighted by Crippen LogP contribution is -2.31. The third-order valence-corrected chi connectivity index (χ3v) is 1.75. The van der Waals surface area contributed by atoms with Crippen molar-refractivity contribution in [3.05, 3.63) is 0 Å². The maximum absolute atomic E-state index is 9.11. The molecule has 0 bridgehead atoms. The fourth-order valence-corrected chi connectivity index (χ4v) is 0.639. The molecular weight excluding hydrogens is 134 g/mol.